The number of carboxylic acids is 1. The molecule has 0 unspecified atom stereocenters. The largest absolute Gasteiger partial charge is 0.474 e. The number of hydrogen-bond acceptors (Lipinski definition) is 2. The fourth-order valence-corrected chi connectivity index (χ4v) is 4.39. The van der Waals surface area contributed by atoms with E-state index >= 15 is 0 Å². The van der Waals surface area contributed by atoms with Crippen molar-refractivity contribution in [3.05, 3.63) is 106 Å². The summed E-state index contributed by atoms with van der Waals surface area (Å²) in [7, 11) is 0. The molecular formula is C33H34F3NO3. The van der Waals surface area contributed by atoms with Gasteiger partial charge in [-0.25, -0.2) is 4.79 Å². The number of carbonyl (C=O) groups excluding carboxylic acids is 1. The smallest absolute Gasteiger partial charge is 0.416 e. The molecule has 1 N–H and O–H groups in total. The van der Waals surface area contributed by atoms with Gasteiger partial charge in [0, 0.05) is 17.7 Å². The second kappa shape index (κ2) is 13.3. The third-order valence-electron chi connectivity index (χ3n) is 6.94. The van der Waals surface area contributed by atoms with Crippen molar-refractivity contribution in [3.8, 4) is 11.8 Å². The van der Waals surface area contributed by atoms with Crippen LogP contribution in [0.1, 0.15) is 79.8 Å². The minimum absolute atomic E-state index is 0.0490. The molecular weight excluding hydrogens is 515 g/mol. The molecule has 0 radical (unpaired) electrons. The van der Waals surface area contributed by atoms with Gasteiger partial charge in [-0.1, -0.05) is 74.4 Å². The van der Waals surface area contributed by atoms with Crippen LogP contribution in [0.25, 0.3) is 0 Å². The summed E-state index contributed by atoms with van der Waals surface area (Å²) in [6.45, 7) is 5.36. The lowest BCUT2D eigenvalue weighted by Gasteiger charge is -2.38. The highest BCUT2D eigenvalue weighted by Crippen LogP contribution is 2.34. The van der Waals surface area contributed by atoms with E-state index in [1.165, 1.54) is 43.4 Å². The molecule has 3 aromatic carbocycles. The van der Waals surface area contributed by atoms with Gasteiger partial charge >= 0.3 is 18.1 Å². The molecule has 3 aromatic rings. The van der Waals surface area contributed by atoms with E-state index in [4.69, 9.17) is 0 Å². The van der Waals surface area contributed by atoms with E-state index in [0.717, 1.165) is 34.6 Å². The number of rotatable bonds is 9. The summed E-state index contributed by atoms with van der Waals surface area (Å²) in [4.78, 5) is 25.4. The maximum absolute atomic E-state index is 13.0. The van der Waals surface area contributed by atoms with E-state index in [0.29, 0.717) is 11.1 Å². The second-order valence-corrected chi connectivity index (χ2v) is 10.3. The molecule has 1 amide bonds. The Morgan fingerprint density at radius 3 is 1.73 bits per heavy atom. The van der Waals surface area contributed by atoms with Gasteiger partial charge in [-0.2, -0.15) is 13.2 Å². The van der Waals surface area contributed by atoms with Crippen LogP contribution in [-0.4, -0.2) is 21.9 Å². The summed E-state index contributed by atoms with van der Waals surface area (Å²) in [6, 6.07) is 19.7. The van der Waals surface area contributed by atoms with Crippen molar-refractivity contribution in [2.45, 2.75) is 71.1 Å². The summed E-state index contributed by atoms with van der Waals surface area (Å²) >= 11 is 0. The molecule has 7 heteroatoms. The van der Waals surface area contributed by atoms with E-state index in [2.05, 4.69) is 30.9 Å². The minimum Gasteiger partial charge on any atom is -0.474 e. The number of halogens is 3. The number of benzene rings is 3. The predicted octanol–water partition coefficient (Wildman–Crippen LogP) is 7.58. The summed E-state index contributed by atoms with van der Waals surface area (Å²) < 4.78 is 39.0. The van der Waals surface area contributed by atoms with Crippen molar-refractivity contribution in [3.63, 3.8) is 0 Å². The van der Waals surface area contributed by atoms with E-state index in [9.17, 15) is 27.9 Å². The van der Waals surface area contributed by atoms with Gasteiger partial charge in [0.1, 0.15) is 0 Å². The first-order valence-corrected chi connectivity index (χ1v) is 13.3. The van der Waals surface area contributed by atoms with Gasteiger partial charge < -0.3 is 10.0 Å². The van der Waals surface area contributed by atoms with Crippen molar-refractivity contribution in [1.29, 1.82) is 0 Å². The second-order valence-electron chi connectivity index (χ2n) is 10.3. The zero-order valence-corrected chi connectivity index (χ0v) is 23.0. The van der Waals surface area contributed by atoms with Crippen LogP contribution in [-0.2, 0) is 34.3 Å². The summed E-state index contributed by atoms with van der Waals surface area (Å²) in [6.07, 6.45) is 1.46. The number of amides is 1. The maximum atomic E-state index is 13.0. The molecule has 3 rings (SSSR count). The average molecular weight is 550 g/mol. The Labute approximate surface area is 233 Å². The van der Waals surface area contributed by atoms with Gasteiger partial charge in [-0.3, -0.25) is 4.79 Å². The molecule has 0 bridgehead atoms. The summed E-state index contributed by atoms with van der Waals surface area (Å²) in [5, 5.41) is 9.44. The number of aliphatic carboxylic acids is 1. The molecule has 0 saturated heterocycles. The van der Waals surface area contributed by atoms with Crippen LogP contribution in [0.4, 0.5) is 13.2 Å². The molecule has 0 saturated carbocycles. The van der Waals surface area contributed by atoms with E-state index in [1.54, 1.807) is 38.1 Å². The standard InChI is InChI=1S/C33H34F3NO3/c1-4-5-6-7-8-24-9-11-25(12-10-24)13-14-26-15-17-27(18-16-26)23-37(30(38)31(39)40)32(2,3)28-19-21-29(22-20-28)33(34,35)36/h9-12,15-22H,4-8,23H2,1-3H3,(H,39,40). The van der Waals surface area contributed by atoms with Crippen molar-refractivity contribution in [2.75, 3.05) is 0 Å². The first kappa shape index (κ1) is 30.5. The number of carboxylic acid groups (broad SMARTS) is 1. The Kier molecular flexibility index (Phi) is 10.2. The lowest BCUT2D eigenvalue weighted by Crippen LogP contribution is -2.48. The molecule has 0 aliphatic carbocycles. The Morgan fingerprint density at radius 2 is 1.25 bits per heavy atom. The van der Waals surface area contributed by atoms with Crippen LogP contribution >= 0.6 is 0 Å². The van der Waals surface area contributed by atoms with Crippen molar-refractivity contribution < 1.29 is 27.9 Å². The van der Waals surface area contributed by atoms with Crippen LogP contribution in [0, 0.1) is 11.8 Å². The lowest BCUT2D eigenvalue weighted by molar-refractivity contribution is -0.159. The number of aryl methyl sites for hydroxylation is 1. The van der Waals surface area contributed by atoms with Crippen LogP contribution < -0.4 is 0 Å². The Balaban J connectivity index is 1.73. The van der Waals surface area contributed by atoms with E-state index < -0.39 is 29.2 Å². The third-order valence-corrected chi connectivity index (χ3v) is 6.94. The van der Waals surface area contributed by atoms with Gasteiger partial charge in [0.15, 0.2) is 0 Å². The van der Waals surface area contributed by atoms with Crippen LogP contribution in [0.2, 0.25) is 0 Å². The number of alkyl halides is 3. The molecule has 4 nitrogen and oxygen atoms in total. The topological polar surface area (TPSA) is 57.6 Å². The normalized spacial score (nSPS) is 11.4. The highest BCUT2D eigenvalue weighted by atomic mass is 19.4. The summed E-state index contributed by atoms with van der Waals surface area (Å²) in [5.41, 5.74) is 1.98. The first-order chi connectivity index (χ1) is 18.9. The van der Waals surface area contributed by atoms with Crippen molar-refractivity contribution in [2.24, 2.45) is 0 Å². The lowest BCUT2D eigenvalue weighted by atomic mass is 9.90. The first-order valence-electron chi connectivity index (χ1n) is 13.3. The Hall–Kier alpha value is -4.05. The number of nitrogens with zero attached hydrogens (tertiary/aromatic N) is 1. The van der Waals surface area contributed by atoms with Gasteiger partial charge in [0.2, 0.25) is 0 Å². The van der Waals surface area contributed by atoms with Gasteiger partial charge in [-0.15, -0.1) is 0 Å². The fourth-order valence-electron chi connectivity index (χ4n) is 4.39. The maximum Gasteiger partial charge on any atom is 0.416 e. The average Bonchev–Trinajstić information content (AvgIpc) is 2.93. The predicted molar refractivity (Wildman–Crippen MR) is 149 cm³/mol. The number of unbranched alkanes of at least 4 members (excludes halogenated alkanes) is 3. The number of carbonyl (C=O) groups is 2. The van der Waals surface area contributed by atoms with E-state index in [1.807, 2.05) is 12.1 Å². The summed E-state index contributed by atoms with van der Waals surface area (Å²) in [5.74, 6) is 3.47. The van der Waals surface area contributed by atoms with E-state index in [-0.39, 0.29) is 6.54 Å². The van der Waals surface area contributed by atoms with Crippen molar-refractivity contribution >= 4 is 11.9 Å². The zero-order chi connectivity index (χ0) is 29.3. The van der Waals surface area contributed by atoms with Crippen molar-refractivity contribution in [1.82, 2.24) is 4.90 Å². The molecule has 0 heterocycles. The highest BCUT2D eigenvalue weighted by molar-refractivity contribution is 6.31. The van der Waals surface area contributed by atoms with Crippen LogP contribution in [0.5, 0.6) is 0 Å². The molecule has 0 fully saturated rings. The zero-order valence-electron chi connectivity index (χ0n) is 23.0. The Morgan fingerprint density at radius 1 is 0.750 bits per heavy atom. The molecule has 210 valence electrons. The molecule has 0 atom stereocenters. The fraction of sp³-hybridized carbons (Fsp3) is 0.333. The minimum atomic E-state index is -4.50. The van der Waals surface area contributed by atoms with Crippen LogP contribution in [0.3, 0.4) is 0 Å². The SMILES string of the molecule is CCCCCCc1ccc(C#Cc2ccc(CN(C(=O)C(=O)O)C(C)(C)c3ccc(C(F)(F)F)cc3)cc2)cc1. The van der Waals surface area contributed by atoms with Gasteiger partial charge in [-0.05, 0) is 79.8 Å². The number of hydrogen-bond donors (Lipinski definition) is 1. The molecule has 0 spiro atoms. The van der Waals surface area contributed by atoms with Gasteiger partial charge in [0.05, 0.1) is 11.1 Å². The highest BCUT2D eigenvalue weighted by Gasteiger charge is 2.37. The van der Waals surface area contributed by atoms with Crippen LogP contribution in [0.15, 0.2) is 72.8 Å². The molecule has 0 aliphatic heterocycles. The molecule has 40 heavy (non-hydrogen) atoms. The third kappa shape index (κ3) is 8.22. The Bertz CT molecular complexity index is 1350. The van der Waals surface area contributed by atoms with Gasteiger partial charge in [0.25, 0.3) is 0 Å². The monoisotopic (exact) mass is 549 g/mol. The quantitative estimate of drug-likeness (QED) is 0.170. The molecule has 0 aliphatic rings. The molecule has 0 aromatic heterocycles.